The van der Waals surface area contributed by atoms with Crippen LogP contribution in [0.4, 0.5) is 39.9 Å². The molecule has 0 saturated carbocycles. The zero-order chi connectivity index (χ0) is 25.0. The number of aryl methyl sites for hydroxylation is 1. The van der Waals surface area contributed by atoms with Crippen LogP contribution >= 0.6 is 11.3 Å². The Labute approximate surface area is 205 Å². The number of carbonyl (C=O) groups is 1. The van der Waals surface area contributed by atoms with Crippen LogP contribution in [0.5, 0.6) is 0 Å². The maximum Gasteiger partial charge on any atom is 0.421 e. The fourth-order valence-corrected chi connectivity index (χ4v) is 4.81. The monoisotopic (exact) mass is 514 g/mol. The van der Waals surface area contributed by atoms with Crippen molar-refractivity contribution >= 4 is 39.3 Å². The Kier molecular flexibility index (Phi) is 7.79. The molecule has 1 amide bonds. The quantitative estimate of drug-likeness (QED) is 0.514. The van der Waals surface area contributed by atoms with Crippen molar-refractivity contribution in [3.63, 3.8) is 0 Å². The number of hydrogen-bond acceptors (Lipinski definition) is 10. The van der Waals surface area contributed by atoms with Crippen molar-refractivity contribution in [2.75, 3.05) is 75.0 Å². The van der Waals surface area contributed by atoms with Gasteiger partial charge in [0.1, 0.15) is 16.4 Å². The largest absolute Gasteiger partial charge is 0.449 e. The Hall–Kier alpha value is -2.87. The molecule has 0 spiro atoms. The van der Waals surface area contributed by atoms with Crippen molar-refractivity contribution in [1.82, 2.24) is 24.8 Å². The molecule has 0 atom stereocenters. The Bertz CT molecular complexity index is 1030. The van der Waals surface area contributed by atoms with Crippen molar-refractivity contribution < 1.29 is 22.7 Å². The lowest BCUT2D eigenvalue weighted by atomic mass is 10.3. The normalized spacial score (nSPS) is 17.5. The van der Waals surface area contributed by atoms with Gasteiger partial charge < -0.3 is 30.1 Å². The third kappa shape index (κ3) is 6.42. The van der Waals surface area contributed by atoms with E-state index in [1.807, 2.05) is 6.92 Å². The van der Waals surface area contributed by atoms with Gasteiger partial charge in [0.2, 0.25) is 5.95 Å². The van der Waals surface area contributed by atoms with Gasteiger partial charge in [0.15, 0.2) is 5.13 Å². The van der Waals surface area contributed by atoms with Crippen LogP contribution in [-0.4, -0.2) is 90.3 Å². The van der Waals surface area contributed by atoms with Crippen molar-refractivity contribution in [2.24, 2.45) is 0 Å². The second-order valence-corrected chi connectivity index (χ2v) is 9.49. The molecule has 2 N–H and O–H groups in total. The number of ether oxygens (including phenoxy) is 1. The van der Waals surface area contributed by atoms with Crippen molar-refractivity contribution in [3.05, 3.63) is 17.5 Å². The first-order valence-corrected chi connectivity index (χ1v) is 12.3. The molecule has 35 heavy (non-hydrogen) atoms. The van der Waals surface area contributed by atoms with E-state index in [0.29, 0.717) is 31.1 Å². The summed E-state index contributed by atoms with van der Waals surface area (Å²) in [5.74, 6) is -0.255. The number of cyclic esters (lactones) is 1. The number of alkyl halides is 3. The lowest BCUT2D eigenvalue weighted by molar-refractivity contribution is -0.137. The summed E-state index contributed by atoms with van der Waals surface area (Å²) in [4.78, 5) is 30.3. The number of likely N-dealkylation sites (N-methyl/N-ethyl adjacent to an activating group) is 1. The number of piperazine rings is 1. The maximum absolute atomic E-state index is 13.5. The highest BCUT2D eigenvalue weighted by Crippen LogP contribution is 2.36. The predicted octanol–water partition coefficient (Wildman–Crippen LogP) is 3.40. The van der Waals surface area contributed by atoms with Gasteiger partial charge in [-0.15, -0.1) is 0 Å². The number of anilines is 4. The van der Waals surface area contributed by atoms with Gasteiger partial charge in [0, 0.05) is 52.0 Å². The van der Waals surface area contributed by atoms with Crippen LogP contribution in [0.1, 0.15) is 24.1 Å². The van der Waals surface area contributed by atoms with Gasteiger partial charge in [0.05, 0.1) is 12.3 Å². The first-order chi connectivity index (χ1) is 16.7. The van der Waals surface area contributed by atoms with E-state index >= 15 is 0 Å². The molecule has 0 bridgehead atoms. The van der Waals surface area contributed by atoms with Crippen LogP contribution in [0.25, 0.3) is 0 Å². The minimum atomic E-state index is -4.60. The minimum absolute atomic E-state index is 0.0526. The summed E-state index contributed by atoms with van der Waals surface area (Å²) in [5.41, 5.74) is -0.213. The lowest BCUT2D eigenvalue weighted by Gasteiger charge is -2.32. The van der Waals surface area contributed by atoms with E-state index in [9.17, 15) is 18.0 Å². The molecule has 0 aliphatic carbocycles. The Morgan fingerprint density at radius 1 is 1.17 bits per heavy atom. The topological polar surface area (TPSA) is 98.8 Å². The molecule has 4 heterocycles. The smallest absolute Gasteiger partial charge is 0.421 e. The highest BCUT2D eigenvalue weighted by atomic mass is 32.1. The van der Waals surface area contributed by atoms with Crippen molar-refractivity contribution in [1.29, 1.82) is 0 Å². The average molecular weight is 515 g/mol. The fourth-order valence-electron chi connectivity index (χ4n) is 3.79. The van der Waals surface area contributed by atoms with E-state index in [-0.39, 0.29) is 18.3 Å². The first-order valence-electron chi connectivity index (χ1n) is 11.5. The molecule has 2 aromatic heterocycles. The Morgan fingerprint density at radius 2 is 1.94 bits per heavy atom. The summed E-state index contributed by atoms with van der Waals surface area (Å²) in [6.07, 6.45) is -3.03. The number of nitrogens with one attached hydrogen (secondary N) is 2. The number of nitrogens with zero attached hydrogens (tertiary/aromatic N) is 6. The van der Waals surface area contributed by atoms with Gasteiger partial charge in [-0.25, -0.2) is 14.8 Å². The first kappa shape index (κ1) is 25.2. The molecule has 2 aliphatic heterocycles. The van der Waals surface area contributed by atoms with E-state index in [1.165, 1.54) is 11.3 Å². The van der Waals surface area contributed by atoms with E-state index in [2.05, 4.69) is 42.4 Å². The van der Waals surface area contributed by atoms with E-state index in [1.54, 1.807) is 4.90 Å². The van der Waals surface area contributed by atoms with E-state index < -0.39 is 17.8 Å². The maximum atomic E-state index is 13.5. The molecular formula is C21H29F3N8O2S. The number of rotatable bonds is 8. The summed E-state index contributed by atoms with van der Waals surface area (Å²) in [5, 5.41) is 7.34. The number of carbonyl (C=O) groups excluding carboxylic acids is 1. The van der Waals surface area contributed by atoms with Crippen molar-refractivity contribution in [3.8, 4) is 0 Å². The van der Waals surface area contributed by atoms with Crippen LogP contribution in [0.15, 0.2) is 6.20 Å². The molecule has 2 aliphatic rings. The SMILES string of the molecule is Cc1nc(N2CCN(C)CC2)sc1Nc1ncc(C(F)(F)F)c(NCCCN2CCCOC2=O)n1. The molecule has 2 saturated heterocycles. The Morgan fingerprint density at radius 3 is 2.66 bits per heavy atom. The summed E-state index contributed by atoms with van der Waals surface area (Å²) < 4.78 is 45.6. The average Bonchev–Trinajstić information content (AvgIpc) is 3.17. The standard InChI is InChI=1S/C21H29F3N8O2S/c1-14-17(35-19(27-14)31-10-8-30(2)9-11-31)29-18-26-13-15(21(22,23)24)16(28-18)25-5-3-6-32-7-4-12-34-20(32)33/h13H,3-12H2,1-2H3,(H2,25,26,28,29). The van der Waals surface area contributed by atoms with Gasteiger partial charge >= 0.3 is 12.3 Å². The molecule has 0 aromatic carbocycles. The molecule has 10 nitrogen and oxygen atoms in total. The molecule has 14 heteroatoms. The van der Waals surface area contributed by atoms with Gasteiger partial charge in [-0.05, 0) is 26.8 Å². The summed E-state index contributed by atoms with van der Waals surface area (Å²) in [7, 11) is 2.08. The summed E-state index contributed by atoms with van der Waals surface area (Å²) in [6, 6.07) is 0. The minimum Gasteiger partial charge on any atom is -0.449 e. The van der Waals surface area contributed by atoms with Crippen LogP contribution in [0.3, 0.4) is 0 Å². The van der Waals surface area contributed by atoms with Gasteiger partial charge in [-0.1, -0.05) is 11.3 Å². The van der Waals surface area contributed by atoms with E-state index in [0.717, 1.165) is 49.6 Å². The van der Waals surface area contributed by atoms with Crippen LogP contribution in [0.2, 0.25) is 0 Å². The van der Waals surface area contributed by atoms with Crippen molar-refractivity contribution in [2.45, 2.75) is 25.9 Å². The number of amides is 1. The number of thiazole rings is 1. The number of aromatic nitrogens is 3. The van der Waals surface area contributed by atoms with Gasteiger partial charge in [-0.2, -0.15) is 18.2 Å². The molecule has 192 valence electrons. The van der Waals surface area contributed by atoms with Gasteiger partial charge in [-0.3, -0.25) is 0 Å². The molecule has 2 aromatic rings. The van der Waals surface area contributed by atoms with E-state index in [4.69, 9.17) is 4.74 Å². The third-order valence-electron chi connectivity index (χ3n) is 5.83. The van der Waals surface area contributed by atoms with Crippen LogP contribution in [0, 0.1) is 6.92 Å². The number of halogens is 3. The Balaban J connectivity index is 1.42. The van der Waals surface area contributed by atoms with Crippen LogP contribution < -0.4 is 15.5 Å². The summed E-state index contributed by atoms with van der Waals surface area (Å²) in [6.45, 7) is 7.02. The van der Waals surface area contributed by atoms with Gasteiger partial charge in [0.25, 0.3) is 0 Å². The highest BCUT2D eigenvalue weighted by molar-refractivity contribution is 7.19. The lowest BCUT2D eigenvalue weighted by Crippen LogP contribution is -2.44. The molecule has 0 radical (unpaired) electrons. The highest BCUT2D eigenvalue weighted by Gasteiger charge is 2.35. The second kappa shape index (κ2) is 10.8. The molecule has 4 rings (SSSR count). The van der Waals surface area contributed by atoms with Crippen LogP contribution in [-0.2, 0) is 10.9 Å². The zero-order valence-electron chi connectivity index (χ0n) is 19.7. The summed E-state index contributed by atoms with van der Waals surface area (Å²) >= 11 is 1.43. The zero-order valence-corrected chi connectivity index (χ0v) is 20.5. The molecular weight excluding hydrogens is 485 g/mol. The third-order valence-corrected chi connectivity index (χ3v) is 6.97. The molecule has 2 fully saturated rings. The predicted molar refractivity (Wildman–Crippen MR) is 128 cm³/mol. The fraction of sp³-hybridized carbons (Fsp3) is 0.619. The molecule has 0 unspecified atom stereocenters. The number of hydrogen-bond donors (Lipinski definition) is 2. The second-order valence-electron chi connectivity index (χ2n) is 8.52.